The summed E-state index contributed by atoms with van der Waals surface area (Å²) in [6.07, 6.45) is -0.0261. The number of carbonyl (C=O) groups excluding carboxylic acids is 1. The van der Waals surface area contributed by atoms with E-state index < -0.39 is 17.5 Å². The van der Waals surface area contributed by atoms with E-state index in [1.807, 2.05) is 19.1 Å². The molecule has 0 aliphatic carbocycles. The molecule has 0 amide bonds. The average Bonchev–Trinajstić information content (AvgIpc) is 2.31. The second-order valence-corrected chi connectivity index (χ2v) is 7.24. The number of benzene rings is 1. The van der Waals surface area contributed by atoms with Gasteiger partial charge in [0.15, 0.2) is 0 Å². The maximum absolute atomic E-state index is 11.6. The summed E-state index contributed by atoms with van der Waals surface area (Å²) in [6, 6.07) is 3.78. The van der Waals surface area contributed by atoms with E-state index in [0.717, 1.165) is 20.3 Å². The smallest absolute Gasteiger partial charge is 0.332 e. The van der Waals surface area contributed by atoms with Crippen LogP contribution in [-0.2, 0) is 32.1 Å². The van der Waals surface area contributed by atoms with Crippen molar-refractivity contribution in [3.63, 3.8) is 0 Å². The van der Waals surface area contributed by atoms with Crippen LogP contribution < -0.4 is 0 Å². The Kier molecular flexibility index (Phi) is 6.80. The van der Waals surface area contributed by atoms with Gasteiger partial charge in [-0.2, -0.15) is 0 Å². The molecule has 22 heavy (non-hydrogen) atoms. The van der Waals surface area contributed by atoms with Gasteiger partial charge >= 0.3 is 11.9 Å². The van der Waals surface area contributed by atoms with Crippen molar-refractivity contribution in [2.45, 2.75) is 46.3 Å². The predicted octanol–water partition coefficient (Wildman–Crippen LogP) is 3.09. The number of esters is 1. The highest BCUT2D eigenvalue weighted by Gasteiger charge is 2.16. The van der Waals surface area contributed by atoms with Gasteiger partial charge in [0.2, 0.25) is 0 Å². The molecule has 0 heterocycles. The fourth-order valence-electron chi connectivity index (χ4n) is 1.91. The molecule has 0 aliphatic rings. The fourth-order valence-corrected chi connectivity index (χ4v) is 2.66. The minimum absolute atomic E-state index is 0.0261. The van der Waals surface area contributed by atoms with E-state index in [2.05, 4.69) is 22.6 Å². The van der Waals surface area contributed by atoms with Crippen molar-refractivity contribution in [2.75, 3.05) is 6.61 Å². The van der Waals surface area contributed by atoms with E-state index in [0.29, 0.717) is 0 Å². The molecule has 1 aromatic carbocycles. The number of hydrogen-bond acceptors (Lipinski definition) is 4. The molecule has 6 heteroatoms. The van der Waals surface area contributed by atoms with Gasteiger partial charge in [0.05, 0.1) is 13.0 Å². The number of carbonyl (C=O) groups is 2. The number of carboxylic acids is 1. The van der Waals surface area contributed by atoms with Crippen molar-refractivity contribution in [1.82, 2.24) is 0 Å². The molecule has 0 unspecified atom stereocenters. The lowest BCUT2D eigenvalue weighted by molar-refractivity contribution is -0.160. The molecule has 1 aromatic rings. The normalized spacial score (nSPS) is 11.3. The van der Waals surface area contributed by atoms with Gasteiger partial charge in [0.1, 0.15) is 12.2 Å². The number of rotatable bonds is 6. The van der Waals surface area contributed by atoms with Crippen LogP contribution in [0, 0.1) is 10.5 Å². The summed E-state index contributed by atoms with van der Waals surface area (Å²) < 4.78 is 11.5. The van der Waals surface area contributed by atoms with Gasteiger partial charge < -0.3 is 14.6 Å². The number of ether oxygens (including phenoxy) is 2. The van der Waals surface area contributed by atoms with E-state index in [9.17, 15) is 9.59 Å². The van der Waals surface area contributed by atoms with Crippen molar-refractivity contribution in [3.05, 3.63) is 32.4 Å². The molecule has 1 rings (SSSR count). The standard InChI is InChI=1S/C16H21IO5/c1-10-11(7-14(18)19)5-13(17)6-12(10)8-21-9-15(20)22-16(2,3)4/h5-6H,7-9H2,1-4H3,(H,18,19). The third-order valence-corrected chi connectivity index (χ3v) is 3.45. The summed E-state index contributed by atoms with van der Waals surface area (Å²) in [6.45, 7) is 7.37. The van der Waals surface area contributed by atoms with Crippen LogP contribution in [0.1, 0.15) is 37.5 Å². The zero-order chi connectivity index (χ0) is 16.9. The SMILES string of the molecule is Cc1c(COCC(=O)OC(C)(C)C)cc(I)cc1CC(=O)O. The Bertz CT molecular complexity index is 560. The van der Waals surface area contributed by atoms with Gasteiger partial charge in [-0.3, -0.25) is 4.79 Å². The van der Waals surface area contributed by atoms with Gasteiger partial charge in [0, 0.05) is 3.57 Å². The van der Waals surface area contributed by atoms with Gasteiger partial charge in [0.25, 0.3) is 0 Å². The average molecular weight is 420 g/mol. The van der Waals surface area contributed by atoms with Crippen molar-refractivity contribution < 1.29 is 24.2 Å². The lowest BCUT2D eigenvalue weighted by Crippen LogP contribution is -2.26. The first-order valence-electron chi connectivity index (χ1n) is 6.88. The predicted molar refractivity (Wildman–Crippen MR) is 90.7 cm³/mol. The fraction of sp³-hybridized carbons (Fsp3) is 0.500. The van der Waals surface area contributed by atoms with Crippen LogP contribution >= 0.6 is 22.6 Å². The highest BCUT2D eigenvalue weighted by Crippen LogP contribution is 2.20. The molecular weight excluding hydrogens is 399 g/mol. The first kappa shape index (κ1) is 18.9. The van der Waals surface area contributed by atoms with Crippen LogP contribution in [0.15, 0.2) is 12.1 Å². The molecule has 0 spiro atoms. The molecular formula is C16H21IO5. The minimum Gasteiger partial charge on any atom is -0.481 e. The zero-order valence-corrected chi connectivity index (χ0v) is 15.4. The minimum atomic E-state index is -0.870. The highest BCUT2D eigenvalue weighted by molar-refractivity contribution is 14.1. The molecule has 0 aromatic heterocycles. The molecule has 122 valence electrons. The summed E-state index contributed by atoms with van der Waals surface area (Å²) >= 11 is 2.14. The van der Waals surface area contributed by atoms with Crippen LogP contribution in [0.2, 0.25) is 0 Å². The molecule has 0 saturated carbocycles. The molecule has 0 radical (unpaired) electrons. The maximum atomic E-state index is 11.6. The van der Waals surface area contributed by atoms with E-state index >= 15 is 0 Å². The van der Waals surface area contributed by atoms with Gasteiger partial charge in [-0.25, -0.2) is 4.79 Å². The third-order valence-electron chi connectivity index (χ3n) is 2.83. The molecule has 5 nitrogen and oxygen atoms in total. The number of halogens is 1. The largest absolute Gasteiger partial charge is 0.481 e. The quantitative estimate of drug-likeness (QED) is 0.566. The first-order chi connectivity index (χ1) is 10.1. The van der Waals surface area contributed by atoms with Crippen LogP contribution in [0.4, 0.5) is 0 Å². The zero-order valence-electron chi connectivity index (χ0n) is 13.2. The van der Waals surface area contributed by atoms with E-state index in [1.165, 1.54) is 0 Å². The Morgan fingerprint density at radius 3 is 2.36 bits per heavy atom. The lowest BCUT2D eigenvalue weighted by Gasteiger charge is -2.19. The van der Waals surface area contributed by atoms with Crippen LogP contribution in [0.3, 0.4) is 0 Å². The Morgan fingerprint density at radius 2 is 1.82 bits per heavy atom. The van der Waals surface area contributed by atoms with E-state index in [4.69, 9.17) is 14.6 Å². The highest BCUT2D eigenvalue weighted by atomic mass is 127. The van der Waals surface area contributed by atoms with Gasteiger partial charge in [-0.1, -0.05) is 0 Å². The second-order valence-electron chi connectivity index (χ2n) is 6.00. The topological polar surface area (TPSA) is 72.8 Å². The molecule has 0 saturated heterocycles. The molecule has 1 N–H and O–H groups in total. The van der Waals surface area contributed by atoms with Crippen molar-refractivity contribution >= 4 is 34.5 Å². The van der Waals surface area contributed by atoms with Crippen molar-refractivity contribution in [1.29, 1.82) is 0 Å². The molecule has 0 atom stereocenters. The van der Waals surface area contributed by atoms with Gasteiger partial charge in [-0.15, -0.1) is 0 Å². The Hall–Kier alpha value is -1.15. The molecule has 0 fully saturated rings. The summed E-state index contributed by atoms with van der Waals surface area (Å²) in [5, 5.41) is 8.94. The Morgan fingerprint density at radius 1 is 1.23 bits per heavy atom. The number of carboxylic acid groups (broad SMARTS) is 1. The van der Waals surface area contributed by atoms with Gasteiger partial charge in [-0.05, 0) is 79.1 Å². The van der Waals surface area contributed by atoms with Crippen LogP contribution in [-0.4, -0.2) is 29.3 Å². The number of aliphatic carboxylic acids is 1. The first-order valence-corrected chi connectivity index (χ1v) is 7.95. The van der Waals surface area contributed by atoms with E-state index in [-0.39, 0.29) is 19.6 Å². The van der Waals surface area contributed by atoms with Crippen molar-refractivity contribution in [3.8, 4) is 0 Å². The Balaban J connectivity index is 2.68. The van der Waals surface area contributed by atoms with E-state index in [1.54, 1.807) is 20.8 Å². The summed E-state index contributed by atoms with van der Waals surface area (Å²) in [5.41, 5.74) is 1.99. The summed E-state index contributed by atoms with van der Waals surface area (Å²) in [7, 11) is 0. The lowest BCUT2D eigenvalue weighted by atomic mass is 10.0. The monoisotopic (exact) mass is 420 g/mol. The Labute approximate surface area is 144 Å². The summed E-state index contributed by atoms with van der Waals surface area (Å²) in [4.78, 5) is 22.5. The van der Waals surface area contributed by atoms with Crippen molar-refractivity contribution in [2.24, 2.45) is 0 Å². The molecule has 0 aliphatic heterocycles. The second kappa shape index (κ2) is 7.92. The summed E-state index contributed by atoms with van der Waals surface area (Å²) in [5.74, 6) is -1.28. The van der Waals surface area contributed by atoms with Crippen LogP contribution in [0.5, 0.6) is 0 Å². The molecule has 0 bridgehead atoms. The van der Waals surface area contributed by atoms with Crippen LogP contribution in [0.25, 0.3) is 0 Å². The maximum Gasteiger partial charge on any atom is 0.332 e. The number of hydrogen-bond donors (Lipinski definition) is 1. The third kappa shape index (κ3) is 6.74.